The molecule has 3 N–H and O–H groups in total. The molecule has 1 aliphatic carbocycles. The molecule has 1 fully saturated rings. The second-order valence-corrected chi connectivity index (χ2v) is 13.2. The van der Waals surface area contributed by atoms with Gasteiger partial charge in [-0.25, -0.2) is 9.36 Å². The Morgan fingerprint density at radius 1 is 1.07 bits per heavy atom. The molecule has 1 aromatic carbocycles. The first-order valence-electron chi connectivity index (χ1n) is 15.1. The van der Waals surface area contributed by atoms with Gasteiger partial charge < -0.3 is 19.7 Å². The number of esters is 2. The Bertz CT molecular complexity index is 1390. The van der Waals surface area contributed by atoms with E-state index >= 15 is 0 Å². The summed E-state index contributed by atoms with van der Waals surface area (Å²) in [6, 6.07) is 8.90. The highest BCUT2D eigenvalue weighted by molar-refractivity contribution is 7.52. The number of carbonyl (C=O) groups excluding carboxylic acids is 2. The third kappa shape index (κ3) is 10.3. The SMILES string of the molecule is CCCC(CCC)COC(=O)C(C)NP(=O)(OCC1(COC(=O)C(C)C)C/C1=C/n1ccc(N)nc1=O)Oc1ccccc1. The third-order valence-electron chi connectivity index (χ3n) is 7.23. The van der Waals surface area contributed by atoms with Gasteiger partial charge in [-0.05, 0) is 55.9 Å². The van der Waals surface area contributed by atoms with Gasteiger partial charge in [0, 0.05) is 12.4 Å². The fraction of sp³-hybridized carbons (Fsp3) is 0.548. The number of hydrogen-bond acceptors (Lipinski definition) is 10. The summed E-state index contributed by atoms with van der Waals surface area (Å²) in [5.41, 5.74) is 4.85. The third-order valence-corrected chi connectivity index (χ3v) is 8.86. The maximum atomic E-state index is 14.1. The number of carbonyl (C=O) groups is 2. The molecular weight excluding hydrogens is 587 g/mol. The molecule has 0 aliphatic heterocycles. The van der Waals surface area contributed by atoms with E-state index in [4.69, 9.17) is 24.3 Å². The summed E-state index contributed by atoms with van der Waals surface area (Å²) in [5.74, 6) is -0.749. The standard InChI is InChI=1S/C31H45N4O8P/c1-6-11-24(12-7-2)19-40-29(37)23(5)34-44(39,43-26-13-9-8-10-14-26)42-21-31(20-41-28(36)22(3)4)17-25(31)18-35-16-15-27(32)33-30(35)38/h8-10,13-16,18,22-24H,6-7,11-12,17,19-21H2,1-5H3,(H,34,39)(H2,32,33,38)/b25-18-. The lowest BCUT2D eigenvalue weighted by molar-refractivity contribution is -0.149. The van der Waals surface area contributed by atoms with Crippen LogP contribution in [-0.2, 0) is 28.2 Å². The average molecular weight is 633 g/mol. The molecule has 0 amide bonds. The number of ether oxygens (including phenoxy) is 2. The minimum absolute atomic E-state index is 0.0772. The molecule has 2 aromatic rings. The topological polar surface area (TPSA) is 161 Å². The number of rotatable bonds is 18. The zero-order valence-corrected chi connectivity index (χ0v) is 27.1. The Kier molecular flexibility index (Phi) is 12.7. The summed E-state index contributed by atoms with van der Waals surface area (Å²) in [6.45, 7) is 9.14. The van der Waals surface area contributed by atoms with E-state index in [1.807, 2.05) is 0 Å². The van der Waals surface area contributed by atoms with E-state index in [0.717, 1.165) is 25.7 Å². The van der Waals surface area contributed by atoms with Gasteiger partial charge in [0.1, 0.15) is 24.2 Å². The maximum absolute atomic E-state index is 14.1. The fourth-order valence-corrected chi connectivity index (χ4v) is 6.14. The highest BCUT2D eigenvalue weighted by atomic mass is 31.2. The number of nitrogen functional groups attached to an aromatic ring is 1. The van der Waals surface area contributed by atoms with Crippen molar-refractivity contribution in [3.05, 3.63) is 58.7 Å². The van der Waals surface area contributed by atoms with Crippen LogP contribution in [0, 0.1) is 17.3 Å². The summed E-state index contributed by atoms with van der Waals surface area (Å²) in [5, 5.41) is 2.72. The predicted octanol–water partition coefficient (Wildman–Crippen LogP) is 5.20. The number of benzene rings is 1. The van der Waals surface area contributed by atoms with E-state index in [9.17, 15) is 18.9 Å². The van der Waals surface area contributed by atoms with Crippen molar-refractivity contribution < 1.29 is 32.7 Å². The highest BCUT2D eigenvalue weighted by Gasteiger charge is 2.52. The monoisotopic (exact) mass is 632 g/mol. The normalized spacial score (nSPS) is 19.0. The van der Waals surface area contributed by atoms with Gasteiger partial charge in [0.2, 0.25) is 0 Å². The van der Waals surface area contributed by atoms with Crippen molar-refractivity contribution in [1.82, 2.24) is 14.6 Å². The number of anilines is 1. The molecule has 3 rings (SSSR count). The zero-order valence-electron chi connectivity index (χ0n) is 26.2. The van der Waals surface area contributed by atoms with Crippen LogP contribution in [0.4, 0.5) is 5.82 Å². The molecule has 3 atom stereocenters. The molecule has 13 heteroatoms. The number of nitrogens with two attached hydrogens (primary N) is 1. The Balaban J connectivity index is 1.81. The van der Waals surface area contributed by atoms with Gasteiger partial charge in [0.05, 0.1) is 24.5 Å². The Morgan fingerprint density at radius 3 is 2.36 bits per heavy atom. The van der Waals surface area contributed by atoms with E-state index in [1.54, 1.807) is 50.4 Å². The number of hydrogen-bond donors (Lipinski definition) is 2. The molecule has 0 saturated heterocycles. The van der Waals surface area contributed by atoms with Crippen LogP contribution >= 0.6 is 7.75 Å². The number of nitrogens with zero attached hydrogens (tertiary/aromatic N) is 2. The zero-order chi connectivity index (χ0) is 32.3. The summed E-state index contributed by atoms with van der Waals surface area (Å²) in [6.07, 6.45) is 7.29. The molecule has 0 radical (unpaired) electrons. The molecule has 0 spiro atoms. The molecule has 1 heterocycles. The first-order chi connectivity index (χ1) is 20.9. The summed E-state index contributed by atoms with van der Waals surface area (Å²) >= 11 is 0. The van der Waals surface area contributed by atoms with E-state index in [0.29, 0.717) is 12.0 Å². The molecular formula is C31H45N4O8P. The largest absolute Gasteiger partial charge is 0.464 e. The second kappa shape index (κ2) is 16.0. The number of para-hydroxylation sites is 1. The van der Waals surface area contributed by atoms with Crippen LogP contribution in [0.1, 0.15) is 66.7 Å². The molecule has 1 aliphatic rings. The minimum Gasteiger partial charge on any atom is -0.464 e. The minimum atomic E-state index is -4.19. The van der Waals surface area contributed by atoms with Crippen LogP contribution < -0.4 is 21.0 Å². The molecule has 1 aromatic heterocycles. The van der Waals surface area contributed by atoms with Gasteiger partial charge in [-0.15, -0.1) is 0 Å². The quantitative estimate of drug-likeness (QED) is 0.164. The number of nitrogens with one attached hydrogen (secondary N) is 1. The average Bonchev–Trinajstić information content (AvgIpc) is 3.67. The van der Waals surface area contributed by atoms with E-state index in [-0.39, 0.29) is 43.2 Å². The molecule has 1 saturated carbocycles. The van der Waals surface area contributed by atoms with Gasteiger partial charge in [-0.3, -0.25) is 18.7 Å². The van der Waals surface area contributed by atoms with Crippen LogP contribution in [0.25, 0.3) is 6.20 Å². The van der Waals surface area contributed by atoms with Crippen LogP contribution in [-0.4, -0.2) is 47.4 Å². The molecule has 242 valence electrons. The lowest BCUT2D eigenvalue weighted by Crippen LogP contribution is -2.36. The van der Waals surface area contributed by atoms with Crippen molar-refractivity contribution in [3.63, 3.8) is 0 Å². The summed E-state index contributed by atoms with van der Waals surface area (Å²) in [7, 11) is -4.19. The van der Waals surface area contributed by atoms with E-state index in [1.165, 1.54) is 23.8 Å². The lowest BCUT2D eigenvalue weighted by Gasteiger charge is -2.25. The van der Waals surface area contributed by atoms with Crippen LogP contribution in [0.5, 0.6) is 5.75 Å². The van der Waals surface area contributed by atoms with Crippen molar-refractivity contribution >= 4 is 31.7 Å². The van der Waals surface area contributed by atoms with Gasteiger partial charge >= 0.3 is 25.4 Å². The van der Waals surface area contributed by atoms with Gasteiger partial charge in [-0.2, -0.15) is 10.1 Å². The van der Waals surface area contributed by atoms with Gasteiger partial charge in [0.15, 0.2) is 0 Å². The Labute approximate surface area is 258 Å². The fourth-order valence-electron chi connectivity index (χ4n) is 4.56. The Morgan fingerprint density at radius 2 is 1.75 bits per heavy atom. The molecule has 12 nitrogen and oxygen atoms in total. The smallest absolute Gasteiger partial charge is 0.459 e. The summed E-state index contributed by atoms with van der Waals surface area (Å²) < 4.78 is 38.3. The van der Waals surface area contributed by atoms with Gasteiger partial charge in [0.25, 0.3) is 0 Å². The maximum Gasteiger partial charge on any atom is 0.459 e. The van der Waals surface area contributed by atoms with Gasteiger partial charge in [-0.1, -0.05) is 58.7 Å². The van der Waals surface area contributed by atoms with Crippen LogP contribution in [0.2, 0.25) is 0 Å². The molecule has 44 heavy (non-hydrogen) atoms. The molecule has 0 bridgehead atoms. The van der Waals surface area contributed by atoms with Crippen LogP contribution in [0.3, 0.4) is 0 Å². The second-order valence-electron chi connectivity index (χ2n) is 11.5. The van der Waals surface area contributed by atoms with Crippen molar-refractivity contribution in [2.45, 2.75) is 72.8 Å². The Hall–Kier alpha value is -3.47. The van der Waals surface area contributed by atoms with Crippen molar-refractivity contribution in [2.24, 2.45) is 17.3 Å². The summed E-state index contributed by atoms with van der Waals surface area (Å²) in [4.78, 5) is 41.3. The first-order valence-corrected chi connectivity index (χ1v) is 16.6. The molecule has 3 unspecified atom stereocenters. The van der Waals surface area contributed by atoms with Crippen LogP contribution in [0.15, 0.2) is 53.0 Å². The first kappa shape index (κ1) is 35.0. The predicted molar refractivity (Wildman–Crippen MR) is 168 cm³/mol. The van der Waals surface area contributed by atoms with E-state index in [2.05, 4.69) is 23.9 Å². The number of aromatic nitrogens is 2. The van der Waals surface area contributed by atoms with E-state index < -0.39 is 36.8 Å². The lowest BCUT2D eigenvalue weighted by atomic mass is 9.99. The van der Waals surface area contributed by atoms with Crippen molar-refractivity contribution in [3.8, 4) is 5.75 Å². The highest BCUT2D eigenvalue weighted by Crippen LogP contribution is 2.56. The van der Waals surface area contributed by atoms with Crippen molar-refractivity contribution in [2.75, 3.05) is 25.6 Å². The van der Waals surface area contributed by atoms with Crippen molar-refractivity contribution in [1.29, 1.82) is 0 Å².